The van der Waals surface area contributed by atoms with Crippen molar-refractivity contribution in [2.75, 3.05) is 0 Å². The Balaban J connectivity index is 2.19. The lowest BCUT2D eigenvalue weighted by Gasteiger charge is -2.14. The molecule has 106 valence electrons. The Labute approximate surface area is 131 Å². The molecule has 5 heteroatoms. The van der Waals surface area contributed by atoms with E-state index in [0.717, 1.165) is 21.6 Å². The molecule has 0 bridgehead atoms. The van der Waals surface area contributed by atoms with Gasteiger partial charge < -0.3 is 9.73 Å². The lowest BCUT2D eigenvalue weighted by atomic mass is 10.1. The van der Waals surface area contributed by atoms with Crippen molar-refractivity contribution in [3.63, 3.8) is 0 Å². The van der Waals surface area contributed by atoms with Crippen molar-refractivity contribution < 1.29 is 9.21 Å². The number of aryl methyl sites for hydroxylation is 2. The quantitative estimate of drug-likeness (QED) is 0.858. The fourth-order valence-electron chi connectivity index (χ4n) is 2.10. The number of benzene rings is 1. The molecule has 0 radical (unpaired) electrons. The second kappa shape index (κ2) is 6.02. The fraction of sp³-hybridized carbons (Fsp3) is 0.267. The van der Waals surface area contributed by atoms with Gasteiger partial charge in [0.1, 0.15) is 11.5 Å². The van der Waals surface area contributed by atoms with Gasteiger partial charge in [0, 0.05) is 10.0 Å². The third-order valence-corrected chi connectivity index (χ3v) is 3.89. The van der Waals surface area contributed by atoms with Crippen LogP contribution >= 0.6 is 27.5 Å². The molecule has 0 saturated carbocycles. The van der Waals surface area contributed by atoms with Crippen molar-refractivity contribution in [1.29, 1.82) is 0 Å². The monoisotopic (exact) mass is 355 g/mol. The standard InChI is InChI=1S/C15H15BrClNO2/c1-8-6-12(10(3)20-8)9(2)18-15(19)13-7-11(16)4-5-14(13)17/h4-7,9H,1-3H3,(H,18,19). The van der Waals surface area contributed by atoms with Crippen LogP contribution in [-0.2, 0) is 0 Å². The molecule has 0 aliphatic heterocycles. The van der Waals surface area contributed by atoms with Gasteiger partial charge in [-0.1, -0.05) is 27.5 Å². The minimum Gasteiger partial charge on any atom is -0.466 e. The summed E-state index contributed by atoms with van der Waals surface area (Å²) in [6.45, 7) is 5.69. The van der Waals surface area contributed by atoms with Gasteiger partial charge in [0.05, 0.1) is 16.6 Å². The maximum Gasteiger partial charge on any atom is 0.253 e. The van der Waals surface area contributed by atoms with E-state index in [9.17, 15) is 4.79 Å². The highest BCUT2D eigenvalue weighted by molar-refractivity contribution is 9.10. The summed E-state index contributed by atoms with van der Waals surface area (Å²) in [4.78, 5) is 12.3. The number of hydrogen-bond donors (Lipinski definition) is 1. The molecule has 1 N–H and O–H groups in total. The second-order valence-electron chi connectivity index (χ2n) is 4.69. The highest BCUT2D eigenvalue weighted by Crippen LogP contribution is 2.24. The molecule has 0 fully saturated rings. The number of furan rings is 1. The lowest BCUT2D eigenvalue weighted by molar-refractivity contribution is 0.0940. The number of rotatable bonds is 3. The highest BCUT2D eigenvalue weighted by Gasteiger charge is 2.17. The molecule has 1 aromatic heterocycles. The van der Waals surface area contributed by atoms with Crippen LogP contribution in [0.4, 0.5) is 0 Å². The molecular weight excluding hydrogens is 342 g/mol. The largest absolute Gasteiger partial charge is 0.466 e. The van der Waals surface area contributed by atoms with Crippen LogP contribution in [0.2, 0.25) is 5.02 Å². The van der Waals surface area contributed by atoms with Crippen molar-refractivity contribution in [2.45, 2.75) is 26.8 Å². The summed E-state index contributed by atoms with van der Waals surface area (Å²) >= 11 is 9.39. The average molecular weight is 357 g/mol. The molecule has 1 atom stereocenters. The highest BCUT2D eigenvalue weighted by atomic mass is 79.9. The number of carbonyl (C=O) groups excluding carboxylic acids is 1. The molecule has 0 saturated heterocycles. The first-order valence-electron chi connectivity index (χ1n) is 6.21. The normalized spacial score (nSPS) is 12.2. The Morgan fingerprint density at radius 2 is 2.05 bits per heavy atom. The zero-order valence-corrected chi connectivity index (χ0v) is 13.8. The van der Waals surface area contributed by atoms with Crippen LogP contribution in [0.25, 0.3) is 0 Å². The van der Waals surface area contributed by atoms with Crippen LogP contribution < -0.4 is 5.32 Å². The van der Waals surface area contributed by atoms with Crippen molar-refractivity contribution >= 4 is 33.4 Å². The minimum atomic E-state index is -0.206. The topological polar surface area (TPSA) is 42.2 Å². The molecule has 1 amide bonds. The maximum absolute atomic E-state index is 12.3. The number of amides is 1. The first-order valence-corrected chi connectivity index (χ1v) is 7.38. The molecule has 20 heavy (non-hydrogen) atoms. The van der Waals surface area contributed by atoms with Crippen LogP contribution in [-0.4, -0.2) is 5.91 Å². The Kier molecular flexibility index (Phi) is 4.55. The molecule has 1 unspecified atom stereocenters. The zero-order valence-electron chi connectivity index (χ0n) is 11.5. The van der Waals surface area contributed by atoms with Gasteiger partial charge in [-0.2, -0.15) is 0 Å². The molecule has 0 aliphatic carbocycles. The van der Waals surface area contributed by atoms with E-state index in [2.05, 4.69) is 21.2 Å². The summed E-state index contributed by atoms with van der Waals surface area (Å²) in [6.07, 6.45) is 0. The Morgan fingerprint density at radius 1 is 1.35 bits per heavy atom. The van der Waals surface area contributed by atoms with Crippen LogP contribution in [0.5, 0.6) is 0 Å². The third kappa shape index (κ3) is 3.25. The average Bonchev–Trinajstić information content (AvgIpc) is 2.71. The molecule has 2 rings (SSSR count). The summed E-state index contributed by atoms with van der Waals surface area (Å²) in [6, 6.07) is 6.99. The maximum atomic E-state index is 12.3. The summed E-state index contributed by atoms with van der Waals surface area (Å²) in [5.41, 5.74) is 1.42. The second-order valence-corrected chi connectivity index (χ2v) is 6.01. The fourth-order valence-corrected chi connectivity index (χ4v) is 2.67. The van der Waals surface area contributed by atoms with Crippen molar-refractivity contribution in [2.24, 2.45) is 0 Å². The summed E-state index contributed by atoms with van der Waals surface area (Å²) in [5.74, 6) is 1.44. The van der Waals surface area contributed by atoms with Gasteiger partial charge in [0.2, 0.25) is 0 Å². The Hall–Kier alpha value is -1.26. The first-order chi connectivity index (χ1) is 9.38. The van der Waals surface area contributed by atoms with E-state index in [-0.39, 0.29) is 11.9 Å². The molecule has 0 aliphatic rings. The first kappa shape index (κ1) is 15.1. The van der Waals surface area contributed by atoms with Gasteiger partial charge in [-0.25, -0.2) is 0 Å². The number of carbonyl (C=O) groups is 1. The van der Waals surface area contributed by atoms with E-state index in [1.54, 1.807) is 18.2 Å². The molecule has 2 aromatic rings. The van der Waals surface area contributed by atoms with E-state index in [1.807, 2.05) is 26.8 Å². The lowest BCUT2D eigenvalue weighted by Crippen LogP contribution is -2.27. The predicted octanol–water partition coefficient (Wildman–Crippen LogP) is 4.80. The van der Waals surface area contributed by atoms with Crippen molar-refractivity contribution in [1.82, 2.24) is 5.32 Å². The van der Waals surface area contributed by atoms with Crippen molar-refractivity contribution in [3.8, 4) is 0 Å². The van der Waals surface area contributed by atoms with Crippen LogP contribution in [0, 0.1) is 13.8 Å². The molecule has 0 spiro atoms. The molecule has 1 heterocycles. The molecule has 1 aromatic carbocycles. The minimum absolute atomic E-state index is 0.144. The summed E-state index contributed by atoms with van der Waals surface area (Å²) < 4.78 is 6.30. The SMILES string of the molecule is Cc1cc(C(C)NC(=O)c2cc(Br)ccc2Cl)c(C)o1. The van der Waals surface area contributed by atoms with E-state index >= 15 is 0 Å². The Bertz CT molecular complexity index is 651. The van der Waals surface area contributed by atoms with E-state index < -0.39 is 0 Å². The van der Waals surface area contributed by atoms with Gasteiger partial charge in [-0.15, -0.1) is 0 Å². The summed E-state index contributed by atoms with van der Waals surface area (Å²) in [7, 11) is 0. The van der Waals surface area contributed by atoms with Gasteiger partial charge in [-0.3, -0.25) is 4.79 Å². The molecule has 3 nitrogen and oxygen atoms in total. The van der Waals surface area contributed by atoms with Crippen LogP contribution in [0.15, 0.2) is 33.2 Å². The number of nitrogens with one attached hydrogen (secondary N) is 1. The van der Waals surface area contributed by atoms with Crippen LogP contribution in [0.1, 0.15) is 40.4 Å². The van der Waals surface area contributed by atoms with Crippen LogP contribution in [0.3, 0.4) is 0 Å². The van der Waals surface area contributed by atoms with E-state index in [1.165, 1.54) is 0 Å². The third-order valence-electron chi connectivity index (χ3n) is 3.07. The van der Waals surface area contributed by atoms with Gasteiger partial charge in [0.25, 0.3) is 5.91 Å². The molecular formula is C15H15BrClNO2. The van der Waals surface area contributed by atoms with Gasteiger partial charge in [0.15, 0.2) is 0 Å². The predicted molar refractivity (Wildman–Crippen MR) is 83.2 cm³/mol. The summed E-state index contributed by atoms with van der Waals surface area (Å²) in [5, 5.41) is 3.36. The smallest absolute Gasteiger partial charge is 0.253 e. The van der Waals surface area contributed by atoms with E-state index in [0.29, 0.717) is 10.6 Å². The van der Waals surface area contributed by atoms with Crippen molar-refractivity contribution in [3.05, 3.63) is 56.4 Å². The zero-order chi connectivity index (χ0) is 14.9. The van der Waals surface area contributed by atoms with E-state index in [4.69, 9.17) is 16.0 Å². The van der Waals surface area contributed by atoms with Gasteiger partial charge >= 0.3 is 0 Å². The number of halogens is 2. The van der Waals surface area contributed by atoms with Gasteiger partial charge in [-0.05, 0) is 45.0 Å². The number of hydrogen-bond acceptors (Lipinski definition) is 2. The Morgan fingerprint density at radius 3 is 2.65 bits per heavy atom.